The van der Waals surface area contributed by atoms with Crippen LogP contribution >= 0.6 is 0 Å². The zero-order chi connectivity index (χ0) is 29.4. The summed E-state index contributed by atoms with van der Waals surface area (Å²) in [5.41, 5.74) is 3.76. The quantitative estimate of drug-likeness (QED) is 0.217. The van der Waals surface area contributed by atoms with Crippen molar-refractivity contribution < 1.29 is 18.9 Å². The molecule has 0 unspecified atom stereocenters. The number of nitrogens with one attached hydrogen (secondary N) is 2. The van der Waals surface area contributed by atoms with Gasteiger partial charge in [0.15, 0.2) is 11.5 Å². The number of morpholine rings is 1. The second-order valence-electron chi connectivity index (χ2n) is 9.96. The van der Waals surface area contributed by atoms with E-state index in [0.717, 1.165) is 49.4 Å². The van der Waals surface area contributed by atoms with Gasteiger partial charge in [0.25, 0.3) is 0 Å². The van der Waals surface area contributed by atoms with Crippen LogP contribution in [0.1, 0.15) is 5.56 Å². The molecule has 1 aliphatic rings. The monoisotopic (exact) mass is 582 g/mol. The molecule has 3 aromatic carbocycles. The van der Waals surface area contributed by atoms with Gasteiger partial charge in [-0.05, 0) is 23.8 Å². The van der Waals surface area contributed by atoms with Crippen molar-refractivity contribution in [2.24, 2.45) is 0 Å². The van der Waals surface area contributed by atoms with Gasteiger partial charge in [-0.2, -0.15) is 10.1 Å². The molecular formula is C31H34N8O4. The van der Waals surface area contributed by atoms with Gasteiger partial charge >= 0.3 is 0 Å². The van der Waals surface area contributed by atoms with Crippen molar-refractivity contribution in [3.8, 4) is 17.2 Å². The summed E-state index contributed by atoms with van der Waals surface area (Å²) in [4.78, 5) is 15.4. The summed E-state index contributed by atoms with van der Waals surface area (Å²) in [6.07, 6.45) is 3.31. The number of ether oxygens (including phenoxy) is 4. The first-order chi connectivity index (χ1) is 21.2. The molecule has 2 N–H and O–H groups in total. The molecule has 1 saturated heterocycles. The van der Waals surface area contributed by atoms with Crippen LogP contribution in [0, 0.1) is 0 Å². The van der Waals surface area contributed by atoms with E-state index >= 15 is 0 Å². The van der Waals surface area contributed by atoms with Crippen LogP contribution in [0.25, 0.3) is 10.9 Å². The first kappa shape index (κ1) is 28.2. The average molecular weight is 583 g/mol. The van der Waals surface area contributed by atoms with Gasteiger partial charge < -0.3 is 29.6 Å². The molecule has 43 heavy (non-hydrogen) atoms. The summed E-state index contributed by atoms with van der Waals surface area (Å²) in [6.45, 7) is 5.29. The molecule has 6 rings (SSSR count). The van der Waals surface area contributed by atoms with E-state index in [0.29, 0.717) is 48.0 Å². The Hall–Kier alpha value is -4.94. The molecule has 0 saturated carbocycles. The topological polar surface area (TPSA) is 121 Å². The van der Waals surface area contributed by atoms with E-state index in [1.807, 2.05) is 59.4 Å². The summed E-state index contributed by atoms with van der Waals surface area (Å²) in [7, 11) is 3.20. The van der Waals surface area contributed by atoms with Crippen LogP contribution in [-0.2, 0) is 11.3 Å². The van der Waals surface area contributed by atoms with Crippen LogP contribution in [0.3, 0.4) is 0 Å². The molecule has 1 fully saturated rings. The highest BCUT2D eigenvalue weighted by molar-refractivity contribution is 5.83. The lowest BCUT2D eigenvalue weighted by Gasteiger charge is -2.26. The maximum absolute atomic E-state index is 6.09. The van der Waals surface area contributed by atoms with E-state index < -0.39 is 0 Å². The third kappa shape index (κ3) is 6.93. The lowest BCUT2D eigenvalue weighted by atomic mass is 10.2. The molecule has 1 aliphatic heterocycles. The number of fused-ring (bicyclic) bond motifs is 1. The van der Waals surface area contributed by atoms with E-state index in [1.165, 1.54) is 11.9 Å². The van der Waals surface area contributed by atoms with Gasteiger partial charge in [0.1, 0.15) is 12.9 Å². The predicted molar refractivity (Wildman–Crippen MR) is 164 cm³/mol. The summed E-state index contributed by atoms with van der Waals surface area (Å²) >= 11 is 0. The fourth-order valence-electron chi connectivity index (χ4n) is 4.92. The van der Waals surface area contributed by atoms with E-state index in [2.05, 4.69) is 47.7 Å². The number of methoxy groups -OCH3 is 2. The highest BCUT2D eigenvalue weighted by atomic mass is 16.5. The molecule has 2 aromatic heterocycles. The smallest absolute Gasteiger partial charge is 0.232 e. The van der Waals surface area contributed by atoms with Gasteiger partial charge in [-0.1, -0.05) is 30.3 Å². The first-order valence-electron chi connectivity index (χ1n) is 14.1. The van der Waals surface area contributed by atoms with E-state index in [1.54, 1.807) is 14.2 Å². The second-order valence-corrected chi connectivity index (χ2v) is 9.96. The Morgan fingerprint density at radius 1 is 0.860 bits per heavy atom. The van der Waals surface area contributed by atoms with Gasteiger partial charge in [-0.3, -0.25) is 9.58 Å². The molecule has 0 spiro atoms. The van der Waals surface area contributed by atoms with E-state index in [4.69, 9.17) is 18.9 Å². The van der Waals surface area contributed by atoms with Gasteiger partial charge in [0.05, 0.1) is 45.7 Å². The van der Waals surface area contributed by atoms with Crippen molar-refractivity contribution in [2.45, 2.75) is 6.54 Å². The van der Waals surface area contributed by atoms with Crippen molar-refractivity contribution in [2.75, 3.05) is 64.3 Å². The van der Waals surface area contributed by atoms with Crippen LogP contribution in [0.2, 0.25) is 0 Å². The average Bonchev–Trinajstić information content (AvgIpc) is 3.44. The van der Waals surface area contributed by atoms with Crippen molar-refractivity contribution >= 4 is 34.2 Å². The van der Waals surface area contributed by atoms with Crippen LogP contribution in [0.15, 0.2) is 73.2 Å². The number of hydrogen-bond acceptors (Lipinski definition) is 11. The number of aromatic nitrogens is 5. The van der Waals surface area contributed by atoms with Gasteiger partial charge in [-0.15, -0.1) is 0 Å². The summed E-state index contributed by atoms with van der Waals surface area (Å²) in [5, 5.41) is 12.1. The van der Waals surface area contributed by atoms with E-state index in [-0.39, 0.29) is 0 Å². The van der Waals surface area contributed by atoms with Gasteiger partial charge in [0, 0.05) is 48.5 Å². The minimum Gasteiger partial charge on any atom is -0.493 e. The molecule has 12 nitrogen and oxygen atoms in total. The molecule has 0 atom stereocenters. The third-order valence-electron chi connectivity index (χ3n) is 7.12. The molecule has 0 bridgehead atoms. The summed E-state index contributed by atoms with van der Waals surface area (Å²) in [5.74, 6) is 2.38. The van der Waals surface area contributed by atoms with Crippen molar-refractivity contribution in [1.82, 2.24) is 29.6 Å². The summed E-state index contributed by atoms with van der Waals surface area (Å²) < 4.78 is 24.8. The van der Waals surface area contributed by atoms with Gasteiger partial charge in [0.2, 0.25) is 17.6 Å². The summed E-state index contributed by atoms with van der Waals surface area (Å²) in [6, 6.07) is 20.0. The Morgan fingerprint density at radius 3 is 2.30 bits per heavy atom. The highest BCUT2D eigenvalue weighted by Crippen LogP contribution is 2.40. The minimum atomic E-state index is 0.361. The maximum Gasteiger partial charge on any atom is 0.232 e. The van der Waals surface area contributed by atoms with Crippen LogP contribution < -0.4 is 24.8 Å². The largest absolute Gasteiger partial charge is 0.493 e. The fraction of sp³-hybridized carbons (Fsp3) is 0.290. The zero-order valence-electron chi connectivity index (χ0n) is 24.2. The fourth-order valence-corrected chi connectivity index (χ4v) is 4.92. The number of rotatable bonds is 12. The van der Waals surface area contributed by atoms with Gasteiger partial charge in [-0.25, -0.2) is 9.97 Å². The Kier molecular flexibility index (Phi) is 8.76. The number of anilines is 4. The van der Waals surface area contributed by atoms with Crippen molar-refractivity contribution in [3.05, 3.63) is 78.8 Å². The van der Waals surface area contributed by atoms with Crippen LogP contribution in [0.5, 0.6) is 17.2 Å². The molecular weight excluding hydrogens is 548 g/mol. The lowest BCUT2D eigenvalue weighted by molar-refractivity contribution is 0.0319. The molecule has 12 heteroatoms. The Labute approximate surface area is 249 Å². The molecule has 0 amide bonds. The standard InChI is InChI=1S/C31H34N8O4/c1-40-27-17-25(18-28(41-2)29(27)43-15-12-38-10-13-42-14-11-38)36-31-33-21-32-30(37-31)35-24-8-9-26-23(16-24)19-34-39(26)20-22-6-4-3-5-7-22/h3-9,16-19,21H,10-15,20H2,1-2H3,(H2,32,33,35,36,37). The number of hydrogen-bond donors (Lipinski definition) is 2. The van der Waals surface area contributed by atoms with Crippen molar-refractivity contribution in [3.63, 3.8) is 0 Å². The molecule has 222 valence electrons. The van der Waals surface area contributed by atoms with Crippen LogP contribution in [-0.4, -0.2) is 83.3 Å². The molecule has 0 radical (unpaired) electrons. The van der Waals surface area contributed by atoms with Crippen LogP contribution in [0.4, 0.5) is 23.3 Å². The predicted octanol–water partition coefficient (Wildman–Crippen LogP) is 4.49. The number of benzene rings is 3. The zero-order valence-corrected chi connectivity index (χ0v) is 24.2. The van der Waals surface area contributed by atoms with E-state index in [9.17, 15) is 0 Å². The maximum atomic E-state index is 6.09. The normalized spacial score (nSPS) is 13.5. The third-order valence-corrected chi connectivity index (χ3v) is 7.12. The minimum absolute atomic E-state index is 0.361. The first-order valence-corrected chi connectivity index (χ1v) is 14.1. The Bertz CT molecular complexity index is 1630. The second kappa shape index (κ2) is 13.4. The highest BCUT2D eigenvalue weighted by Gasteiger charge is 2.17. The molecule has 0 aliphatic carbocycles. The number of nitrogens with zero attached hydrogens (tertiary/aromatic N) is 6. The lowest BCUT2D eigenvalue weighted by Crippen LogP contribution is -2.38. The van der Waals surface area contributed by atoms with Crippen molar-refractivity contribution in [1.29, 1.82) is 0 Å². The molecule has 3 heterocycles. The molecule has 5 aromatic rings. The SMILES string of the molecule is COc1cc(Nc2ncnc(Nc3ccc4c(cnn4Cc4ccccc4)c3)n2)cc(OC)c1OCCN1CCOCC1. The Balaban J connectivity index is 1.13. The Morgan fingerprint density at radius 2 is 1.58 bits per heavy atom.